The molecular weight excluding hydrogens is 298 g/mol. The van der Waals surface area contributed by atoms with Crippen LogP contribution in [-0.2, 0) is 25.5 Å². The molecule has 0 heterocycles. The number of halogens is 1. The maximum Gasteiger partial charge on any atom is 0.328 e. The van der Waals surface area contributed by atoms with Crippen LogP contribution in [0.2, 0.25) is 5.02 Å². The standard InChI is InChI=1S/C14H18ClNO5/c1-19-8-13(17)16-11(14(18)21-3)7-9-4-5-12(20-2)10(15)6-9/h4-6,11H,7-8H2,1-3H3,(H,16,17)/t11-/m0/s1. The number of ether oxygens (including phenoxy) is 3. The summed E-state index contributed by atoms with van der Waals surface area (Å²) in [5.74, 6) is -0.391. The van der Waals surface area contributed by atoms with Gasteiger partial charge in [-0.3, -0.25) is 4.79 Å². The summed E-state index contributed by atoms with van der Waals surface area (Å²) in [4.78, 5) is 23.3. The minimum Gasteiger partial charge on any atom is -0.495 e. The smallest absolute Gasteiger partial charge is 0.328 e. The number of hydrogen-bond acceptors (Lipinski definition) is 5. The fourth-order valence-corrected chi connectivity index (χ4v) is 2.06. The van der Waals surface area contributed by atoms with E-state index in [-0.39, 0.29) is 13.0 Å². The predicted octanol–water partition coefficient (Wildman–Crippen LogP) is 1.20. The SMILES string of the molecule is COCC(=O)N[C@@H](Cc1ccc(OC)c(Cl)c1)C(=O)OC. The van der Waals surface area contributed by atoms with Crippen molar-refractivity contribution in [3.05, 3.63) is 28.8 Å². The number of carbonyl (C=O) groups excluding carboxylic acids is 2. The van der Waals surface area contributed by atoms with Crippen molar-refractivity contribution >= 4 is 23.5 Å². The zero-order valence-electron chi connectivity index (χ0n) is 12.1. The lowest BCUT2D eigenvalue weighted by molar-refractivity contribution is -0.145. The van der Waals surface area contributed by atoms with Crippen LogP contribution in [0.25, 0.3) is 0 Å². The molecule has 21 heavy (non-hydrogen) atoms. The minimum atomic E-state index is -0.804. The first kappa shape index (κ1) is 17.3. The average molecular weight is 316 g/mol. The zero-order valence-corrected chi connectivity index (χ0v) is 12.9. The topological polar surface area (TPSA) is 73.9 Å². The van der Waals surface area contributed by atoms with Gasteiger partial charge in [-0.15, -0.1) is 0 Å². The Bertz CT molecular complexity index is 506. The van der Waals surface area contributed by atoms with Crippen molar-refractivity contribution < 1.29 is 23.8 Å². The molecule has 1 rings (SSSR count). The van der Waals surface area contributed by atoms with Gasteiger partial charge in [0.25, 0.3) is 0 Å². The van der Waals surface area contributed by atoms with Gasteiger partial charge in [0.15, 0.2) is 0 Å². The van der Waals surface area contributed by atoms with Gasteiger partial charge in [-0.1, -0.05) is 17.7 Å². The van der Waals surface area contributed by atoms with Gasteiger partial charge in [-0.2, -0.15) is 0 Å². The van der Waals surface area contributed by atoms with Crippen molar-refractivity contribution in [3.63, 3.8) is 0 Å². The van der Waals surface area contributed by atoms with Gasteiger partial charge in [0, 0.05) is 13.5 Å². The summed E-state index contributed by atoms with van der Waals surface area (Å²) in [6.07, 6.45) is 0.256. The number of amides is 1. The molecule has 1 aromatic carbocycles. The van der Waals surface area contributed by atoms with Gasteiger partial charge in [-0.25, -0.2) is 4.79 Å². The van der Waals surface area contributed by atoms with Crippen LogP contribution in [0.5, 0.6) is 5.75 Å². The van der Waals surface area contributed by atoms with Crippen molar-refractivity contribution in [1.29, 1.82) is 0 Å². The Morgan fingerprint density at radius 1 is 1.29 bits per heavy atom. The van der Waals surface area contributed by atoms with Crippen molar-refractivity contribution in [3.8, 4) is 5.75 Å². The first-order valence-corrected chi connectivity index (χ1v) is 6.58. The average Bonchev–Trinajstić information content (AvgIpc) is 2.46. The molecule has 1 amide bonds. The second kappa shape index (κ2) is 8.49. The zero-order chi connectivity index (χ0) is 15.8. The summed E-state index contributed by atoms with van der Waals surface area (Å²) in [6.45, 7) is -0.128. The van der Waals surface area contributed by atoms with Crippen molar-refractivity contribution in [2.75, 3.05) is 27.9 Å². The van der Waals surface area contributed by atoms with Crippen LogP contribution in [0, 0.1) is 0 Å². The summed E-state index contributed by atoms with van der Waals surface area (Å²) in [5.41, 5.74) is 0.772. The van der Waals surface area contributed by atoms with E-state index < -0.39 is 17.9 Å². The third kappa shape index (κ3) is 5.24. The quantitative estimate of drug-likeness (QED) is 0.765. The highest BCUT2D eigenvalue weighted by atomic mass is 35.5. The van der Waals surface area contributed by atoms with Gasteiger partial charge >= 0.3 is 5.97 Å². The highest BCUT2D eigenvalue weighted by Gasteiger charge is 2.22. The Morgan fingerprint density at radius 2 is 2.00 bits per heavy atom. The number of methoxy groups -OCH3 is 3. The van der Waals surface area contributed by atoms with E-state index in [1.165, 1.54) is 21.3 Å². The fraction of sp³-hybridized carbons (Fsp3) is 0.429. The van der Waals surface area contributed by atoms with Gasteiger partial charge in [0.2, 0.25) is 5.91 Å². The first-order valence-electron chi connectivity index (χ1n) is 6.20. The van der Waals surface area contributed by atoms with E-state index in [1.807, 2.05) is 0 Å². The molecule has 6 nitrogen and oxygen atoms in total. The van der Waals surface area contributed by atoms with E-state index in [2.05, 4.69) is 10.1 Å². The molecular formula is C14H18ClNO5. The molecule has 116 valence electrons. The molecule has 0 fully saturated rings. The number of rotatable bonds is 7. The summed E-state index contributed by atoms with van der Waals surface area (Å²) >= 11 is 6.03. The molecule has 7 heteroatoms. The van der Waals surface area contributed by atoms with Crippen LogP contribution in [0.1, 0.15) is 5.56 Å². The third-order valence-corrected chi connectivity index (χ3v) is 3.05. The molecule has 0 radical (unpaired) electrons. The molecule has 0 aliphatic carbocycles. The molecule has 0 saturated heterocycles. The van der Waals surface area contributed by atoms with Gasteiger partial charge in [0.1, 0.15) is 18.4 Å². The van der Waals surface area contributed by atoms with Crippen LogP contribution in [-0.4, -0.2) is 45.9 Å². The molecule has 0 aliphatic heterocycles. The number of nitrogens with one attached hydrogen (secondary N) is 1. The number of carbonyl (C=O) groups is 2. The monoisotopic (exact) mass is 315 g/mol. The molecule has 1 atom stereocenters. The predicted molar refractivity (Wildman–Crippen MR) is 77.5 cm³/mol. The molecule has 0 unspecified atom stereocenters. The molecule has 0 aromatic heterocycles. The highest BCUT2D eigenvalue weighted by molar-refractivity contribution is 6.32. The number of hydrogen-bond donors (Lipinski definition) is 1. The lowest BCUT2D eigenvalue weighted by atomic mass is 10.1. The molecule has 0 saturated carbocycles. The largest absolute Gasteiger partial charge is 0.495 e. The maximum atomic E-state index is 11.7. The number of esters is 1. The van der Waals surface area contributed by atoms with Crippen molar-refractivity contribution in [2.45, 2.75) is 12.5 Å². The molecule has 0 bridgehead atoms. The summed E-state index contributed by atoms with van der Waals surface area (Å²) < 4.78 is 14.5. The Morgan fingerprint density at radius 3 is 2.52 bits per heavy atom. The lowest BCUT2D eigenvalue weighted by Gasteiger charge is -2.17. The number of benzene rings is 1. The van der Waals surface area contributed by atoms with Crippen LogP contribution < -0.4 is 10.1 Å². The second-order valence-electron chi connectivity index (χ2n) is 4.25. The summed E-state index contributed by atoms with van der Waals surface area (Å²) in [7, 11) is 4.18. The van der Waals surface area contributed by atoms with Crippen molar-refractivity contribution in [1.82, 2.24) is 5.32 Å². The molecule has 0 aliphatic rings. The van der Waals surface area contributed by atoms with Crippen LogP contribution >= 0.6 is 11.6 Å². The summed E-state index contributed by atoms with van der Waals surface area (Å²) in [6, 6.07) is 4.34. The second-order valence-corrected chi connectivity index (χ2v) is 4.66. The van der Waals surface area contributed by atoms with E-state index in [0.717, 1.165) is 5.56 Å². The Kier molecular flexibility index (Phi) is 6.98. The van der Waals surface area contributed by atoms with Crippen LogP contribution in [0.4, 0.5) is 0 Å². The van der Waals surface area contributed by atoms with Crippen molar-refractivity contribution in [2.24, 2.45) is 0 Å². The van der Waals surface area contributed by atoms with E-state index in [1.54, 1.807) is 18.2 Å². The van der Waals surface area contributed by atoms with E-state index in [0.29, 0.717) is 10.8 Å². The lowest BCUT2D eigenvalue weighted by Crippen LogP contribution is -2.44. The fourth-order valence-electron chi connectivity index (χ4n) is 1.78. The Hall–Kier alpha value is -1.79. The van der Waals surface area contributed by atoms with E-state index in [9.17, 15) is 9.59 Å². The van der Waals surface area contributed by atoms with Crippen LogP contribution in [0.3, 0.4) is 0 Å². The molecule has 0 spiro atoms. The summed E-state index contributed by atoms with van der Waals surface area (Å²) in [5, 5.41) is 2.98. The van der Waals surface area contributed by atoms with Gasteiger partial charge < -0.3 is 19.5 Å². The van der Waals surface area contributed by atoms with Crippen LogP contribution in [0.15, 0.2) is 18.2 Å². The van der Waals surface area contributed by atoms with E-state index in [4.69, 9.17) is 21.1 Å². The Balaban J connectivity index is 2.83. The van der Waals surface area contributed by atoms with E-state index >= 15 is 0 Å². The van der Waals surface area contributed by atoms with Gasteiger partial charge in [-0.05, 0) is 17.7 Å². The third-order valence-electron chi connectivity index (χ3n) is 2.75. The maximum absolute atomic E-state index is 11.7. The Labute approximate surface area is 128 Å². The minimum absolute atomic E-state index is 0.128. The molecule has 1 N–H and O–H groups in total. The molecule has 1 aromatic rings. The first-order chi connectivity index (χ1) is 10.0. The normalized spacial score (nSPS) is 11.6. The highest BCUT2D eigenvalue weighted by Crippen LogP contribution is 2.25. The van der Waals surface area contributed by atoms with Gasteiger partial charge in [0.05, 0.1) is 19.2 Å².